The van der Waals surface area contributed by atoms with Gasteiger partial charge in [-0.1, -0.05) is 67.8 Å². The molecule has 2 heteroatoms. The Kier molecular flexibility index (Phi) is 6.55. The molecule has 90 valence electrons. The van der Waals surface area contributed by atoms with E-state index in [0.29, 0.717) is 0 Å². The molecule has 0 fully saturated rings. The SMILES string of the molecule is CCP(CC)c1ccccc1P(CC)CC. The number of hydrogen-bond donors (Lipinski definition) is 0. The maximum atomic E-state index is 2.38. The molecule has 0 aliphatic heterocycles. The summed E-state index contributed by atoms with van der Waals surface area (Å²) in [5.41, 5.74) is 0. The minimum Gasteiger partial charge on any atom is -0.0752 e. The fourth-order valence-electron chi connectivity index (χ4n) is 2.13. The highest BCUT2D eigenvalue weighted by Crippen LogP contribution is 2.39. The summed E-state index contributed by atoms with van der Waals surface area (Å²) in [4.78, 5) is 0. The smallest absolute Gasteiger partial charge is 0.0164 e. The molecule has 1 aromatic rings. The zero-order valence-electron chi connectivity index (χ0n) is 11.0. The molecule has 0 N–H and O–H groups in total. The van der Waals surface area contributed by atoms with Gasteiger partial charge < -0.3 is 0 Å². The van der Waals surface area contributed by atoms with Crippen LogP contribution >= 0.6 is 15.8 Å². The van der Waals surface area contributed by atoms with Crippen LogP contribution in [0.3, 0.4) is 0 Å². The van der Waals surface area contributed by atoms with Gasteiger partial charge in [-0.25, -0.2) is 0 Å². The molecule has 0 spiro atoms. The Morgan fingerprint density at radius 1 is 0.688 bits per heavy atom. The van der Waals surface area contributed by atoms with E-state index in [9.17, 15) is 0 Å². The van der Waals surface area contributed by atoms with Crippen molar-refractivity contribution in [3.8, 4) is 0 Å². The average molecular weight is 254 g/mol. The van der Waals surface area contributed by atoms with Gasteiger partial charge in [0.05, 0.1) is 0 Å². The summed E-state index contributed by atoms with van der Waals surface area (Å²) < 4.78 is 0. The van der Waals surface area contributed by atoms with Gasteiger partial charge in [0.25, 0.3) is 0 Å². The number of rotatable bonds is 6. The first-order valence-electron chi connectivity index (χ1n) is 6.37. The Hall–Kier alpha value is 0.0800. The van der Waals surface area contributed by atoms with Crippen molar-refractivity contribution in [3.63, 3.8) is 0 Å². The van der Waals surface area contributed by atoms with Crippen LogP contribution in [0.25, 0.3) is 0 Å². The Morgan fingerprint density at radius 3 is 1.25 bits per heavy atom. The summed E-state index contributed by atoms with van der Waals surface area (Å²) in [6.45, 7) is 9.36. The molecule has 0 atom stereocenters. The maximum Gasteiger partial charge on any atom is -0.0164 e. The lowest BCUT2D eigenvalue weighted by Gasteiger charge is -2.23. The molecule has 0 radical (unpaired) electrons. The van der Waals surface area contributed by atoms with E-state index in [1.807, 2.05) is 0 Å². The van der Waals surface area contributed by atoms with Crippen LogP contribution in [0.2, 0.25) is 0 Å². The molecule has 16 heavy (non-hydrogen) atoms. The zero-order valence-corrected chi connectivity index (χ0v) is 12.8. The van der Waals surface area contributed by atoms with Crippen LogP contribution in [0.4, 0.5) is 0 Å². The minimum atomic E-state index is 0.100. The summed E-state index contributed by atoms with van der Waals surface area (Å²) in [6.07, 6.45) is 5.33. The van der Waals surface area contributed by atoms with Gasteiger partial charge in [0.1, 0.15) is 0 Å². The van der Waals surface area contributed by atoms with Gasteiger partial charge in [0.15, 0.2) is 0 Å². The zero-order chi connectivity index (χ0) is 12.0. The predicted octanol–water partition coefficient (Wildman–Crippen LogP) is 3.98. The topological polar surface area (TPSA) is 0 Å². The second-order valence-corrected chi connectivity index (χ2v) is 9.49. The Labute approximate surface area is 103 Å². The molecule has 0 saturated heterocycles. The minimum absolute atomic E-state index is 0.100. The van der Waals surface area contributed by atoms with Crippen molar-refractivity contribution in [2.45, 2.75) is 27.7 Å². The van der Waals surface area contributed by atoms with Gasteiger partial charge in [-0.2, -0.15) is 0 Å². The lowest BCUT2D eigenvalue weighted by atomic mass is 10.4. The fourth-order valence-corrected chi connectivity index (χ4v) is 6.62. The molecule has 0 aliphatic carbocycles. The lowest BCUT2D eigenvalue weighted by molar-refractivity contribution is 1.41. The first-order valence-corrected chi connectivity index (χ1v) is 9.79. The lowest BCUT2D eigenvalue weighted by Crippen LogP contribution is -2.24. The largest absolute Gasteiger partial charge is 0.0752 e. The Morgan fingerprint density at radius 2 is 1.00 bits per heavy atom. The van der Waals surface area contributed by atoms with E-state index in [1.165, 1.54) is 24.6 Å². The highest BCUT2D eigenvalue weighted by Gasteiger charge is 2.15. The van der Waals surface area contributed by atoms with Gasteiger partial charge in [0.2, 0.25) is 0 Å². The molecule has 1 aromatic carbocycles. The summed E-state index contributed by atoms with van der Waals surface area (Å²) >= 11 is 0. The van der Waals surface area contributed by atoms with Crippen LogP contribution in [-0.4, -0.2) is 24.6 Å². The van der Waals surface area contributed by atoms with Crippen LogP contribution < -0.4 is 10.6 Å². The summed E-state index contributed by atoms with van der Waals surface area (Å²) in [5.74, 6) is 0. The van der Waals surface area contributed by atoms with E-state index in [4.69, 9.17) is 0 Å². The van der Waals surface area contributed by atoms with Crippen molar-refractivity contribution >= 4 is 26.5 Å². The second-order valence-electron chi connectivity index (χ2n) is 3.83. The van der Waals surface area contributed by atoms with Gasteiger partial charge in [0, 0.05) is 0 Å². The van der Waals surface area contributed by atoms with Crippen LogP contribution in [0, 0.1) is 0 Å². The van der Waals surface area contributed by atoms with E-state index in [-0.39, 0.29) is 15.8 Å². The first kappa shape index (κ1) is 14.1. The van der Waals surface area contributed by atoms with Crippen molar-refractivity contribution in [1.29, 1.82) is 0 Å². The molecule has 0 heterocycles. The number of benzene rings is 1. The monoisotopic (exact) mass is 254 g/mol. The highest BCUT2D eigenvalue weighted by atomic mass is 31.1. The van der Waals surface area contributed by atoms with Gasteiger partial charge in [-0.15, -0.1) is 0 Å². The van der Waals surface area contributed by atoms with Crippen molar-refractivity contribution < 1.29 is 0 Å². The summed E-state index contributed by atoms with van der Waals surface area (Å²) in [6, 6.07) is 9.21. The number of hydrogen-bond acceptors (Lipinski definition) is 0. The fraction of sp³-hybridized carbons (Fsp3) is 0.571. The van der Waals surface area contributed by atoms with E-state index in [1.54, 1.807) is 10.6 Å². The van der Waals surface area contributed by atoms with Crippen molar-refractivity contribution in [1.82, 2.24) is 0 Å². The third-order valence-electron chi connectivity index (χ3n) is 3.09. The quantitative estimate of drug-likeness (QED) is 0.674. The van der Waals surface area contributed by atoms with Gasteiger partial charge >= 0.3 is 0 Å². The second kappa shape index (κ2) is 7.41. The van der Waals surface area contributed by atoms with Crippen molar-refractivity contribution in [2.75, 3.05) is 24.6 Å². The average Bonchev–Trinajstić information content (AvgIpc) is 2.34. The van der Waals surface area contributed by atoms with E-state index >= 15 is 0 Å². The van der Waals surface area contributed by atoms with E-state index < -0.39 is 0 Å². The molecule has 0 saturated carbocycles. The molecular weight excluding hydrogens is 230 g/mol. The molecule has 0 nitrogen and oxygen atoms in total. The Bertz CT molecular complexity index is 270. The van der Waals surface area contributed by atoms with Gasteiger partial charge in [-0.3, -0.25) is 0 Å². The first-order chi connectivity index (χ1) is 7.78. The highest BCUT2D eigenvalue weighted by molar-refractivity contribution is 7.71. The molecule has 0 aromatic heterocycles. The van der Waals surface area contributed by atoms with Crippen LogP contribution in [0.15, 0.2) is 24.3 Å². The maximum absolute atomic E-state index is 2.38. The Balaban J connectivity index is 3.07. The van der Waals surface area contributed by atoms with E-state index in [2.05, 4.69) is 52.0 Å². The van der Waals surface area contributed by atoms with Crippen LogP contribution in [0.1, 0.15) is 27.7 Å². The molecule has 0 amide bonds. The predicted molar refractivity (Wildman–Crippen MR) is 81.7 cm³/mol. The molecule has 1 rings (SSSR count). The summed E-state index contributed by atoms with van der Waals surface area (Å²) in [5, 5.41) is 3.38. The molecule has 0 aliphatic rings. The third kappa shape index (κ3) is 3.28. The van der Waals surface area contributed by atoms with Crippen LogP contribution in [-0.2, 0) is 0 Å². The standard InChI is InChI=1S/C14H24P2/c1-5-15(6-2)13-11-9-10-12-14(13)16(7-3)8-4/h9-12H,5-8H2,1-4H3. The molecule has 0 unspecified atom stereocenters. The molecule has 0 bridgehead atoms. The normalized spacial score (nSPS) is 11.4. The molecular formula is C14H24P2. The third-order valence-corrected chi connectivity index (χ3v) is 8.46. The van der Waals surface area contributed by atoms with E-state index in [0.717, 1.165) is 0 Å². The van der Waals surface area contributed by atoms with Crippen molar-refractivity contribution in [2.24, 2.45) is 0 Å². The van der Waals surface area contributed by atoms with Gasteiger partial charge in [-0.05, 0) is 35.3 Å². The van der Waals surface area contributed by atoms with Crippen LogP contribution in [0.5, 0.6) is 0 Å². The summed E-state index contributed by atoms with van der Waals surface area (Å²) in [7, 11) is 0.200. The van der Waals surface area contributed by atoms with Crippen molar-refractivity contribution in [3.05, 3.63) is 24.3 Å².